The van der Waals surface area contributed by atoms with Gasteiger partial charge in [-0.2, -0.15) is 0 Å². The first kappa shape index (κ1) is 25.4. The van der Waals surface area contributed by atoms with Crippen LogP contribution in [-0.4, -0.2) is 84.4 Å². The molecule has 0 aromatic rings. The van der Waals surface area contributed by atoms with Crippen LogP contribution in [0.1, 0.15) is 26.2 Å². The normalized spacial score (nSPS) is 10.4. The van der Waals surface area contributed by atoms with Gasteiger partial charge in [-0.3, -0.25) is 0 Å². The van der Waals surface area contributed by atoms with E-state index < -0.39 is 0 Å². The minimum Gasteiger partial charge on any atom is -0.380 e. The second-order valence-electron chi connectivity index (χ2n) is 5.70. The summed E-state index contributed by atoms with van der Waals surface area (Å²) in [7, 11) is 0. The Morgan fingerprint density at radius 3 is 1.59 bits per heavy atom. The Morgan fingerprint density at radius 2 is 1.11 bits per heavy atom. The third-order valence-electron chi connectivity index (χ3n) is 3.22. The van der Waals surface area contributed by atoms with Crippen molar-refractivity contribution in [3.05, 3.63) is 0 Å². The van der Waals surface area contributed by atoms with E-state index in [4.69, 9.17) is 19.9 Å². The molecule has 0 radical (unpaired) electrons. The molecule has 6 N–H and O–H groups in total. The Labute approximate surface area is 162 Å². The highest BCUT2D eigenvalue weighted by atomic mass is 16.5. The molecule has 0 aromatic carbocycles. The number of carbonyl (C=O) groups is 2. The number of nitrogens with two attached hydrogens (primary N) is 1. The molecule has 0 aliphatic rings. The van der Waals surface area contributed by atoms with Gasteiger partial charge in [-0.15, -0.1) is 0 Å². The van der Waals surface area contributed by atoms with Crippen molar-refractivity contribution >= 4 is 12.1 Å². The van der Waals surface area contributed by atoms with Crippen LogP contribution < -0.4 is 27.0 Å². The fourth-order valence-corrected chi connectivity index (χ4v) is 1.90. The van der Waals surface area contributed by atoms with Gasteiger partial charge in [-0.25, -0.2) is 9.59 Å². The SMILES string of the molecule is CCCOCCNC(=O)NCCCCNC(=O)NCCOCCOCCN. The van der Waals surface area contributed by atoms with Crippen LogP contribution in [0.5, 0.6) is 0 Å². The van der Waals surface area contributed by atoms with E-state index in [0.29, 0.717) is 72.4 Å². The molecule has 0 spiro atoms. The molecule has 0 aliphatic carbocycles. The summed E-state index contributed by atoms with van der Waals surface area (Å²) in [6.45, 7) is 7.76. The molecule has 0 fully saturated rings. The summed E-state index contributed by atoms with van der Waals surface area (Å²) >= 11 is 0. The number of urea groups is 2. The van der Waals surface area contributed by atoms with Crippen LogP contribution in [0.3, 0.4) is 0 Å². The third kappa shape index (κ3) is 20.5. The van der Waals surface area contributed by atoms with E-state index in [-0.39, 0.29) is 12.1 Å². The van der Waals surface area contributed by atoms with Crippen LogP contribution in [0, 0.1) is 0 Å². The van der Waals surface area contributed by atoms with Crippen molar-refractivity contribution in [2.75, 3.05) is 72.4 Å². The first-order valence-electron chi connectivity index (χ1n) is 9.67. The van der Waals surface area contributed by atoms with Gasteiger partial charge in [0.15, 0.2) is 0 Å². The van der Waals surface area contributed by atoms with Crippen LogP contribution in [0.2, 0.25) is 0 Å². The van der Waals surface area contributed by atoms with Gasteiger partial charge in [-0.05, 0) is 19.3 Å². The molecule has 10 heteroatoms. The van der Waals surface area contributed by atoms with Crippen molar-refractivity contribution in [2.45, 2.75) is 26.2 Å². The molecule has 4 amide bonds. The number of carbonyl (C=O) groups excluding carboxylic acids is 2. The van der Waals surface area contributed by atoms with Gasteiger partial charge >= 0.3 is 12.1 Å². The van der Waals surface area contributed by atoms with E-state index in [0.717, 1.165) is 19.3 Å². The molecular formula is C17H37N5O5. The number of nitrogens with one attached hydrogen (secondary N) is 4. The molecule has 0 aromatic heterocycles. The van der Waals surface area contributed by atoms with Crippen molar-refractivity contribution in [3.63, 3.8) is 0 Å². The highest BCUT2D eigenvalue weighted by Gasteiger charge is 2.00. The molecule has 10 nitrogen and oxygen atoms in total. The Bertz CT molecular complexity index is 361. The third-order valence-corrected chi connectivity index (χ3v) is 3.22. The van der Waals surface area contributed by atoms with Crippen molar-refractivity contribution in [3.8, 4) is 0 Å². The lowest BCUT2D eigenvalue weighted by molar-refractivity contribution is 0.0524. The van der Waals surface area contributed by atoms with Crippen LogP contribution in [0.25, 0.3) is 0 Å². The maximum absolute atomic E-state index is 11.5. The second kappa shape index (κ2) is 20.7. The minimum absolute atomic E-state index is 0.200. The molecule has 0 aliphatic heterocycles. The highest BCUT2D eigenvalue weighted by Crippen LogP contribution is 1.85. The number of unbranched alkanes of at least 4 members (excludes halogenated alkanes) is 1. The van der Waals surface area contributed by atoms with Crippen molar-refractivity contribution < 1.29 is 23.8 Å². The summed E-state index contributed by atoms with van der Waals surface area (Å²) in [5, 5.41) is 10.9. The average Bonchev–Trinajstić information content (AvgIpc) is 2.66. The lowest BCUT2D eigenvalue weighted by Gasteiger charge is -2.09. The number of ether oxygens (including phenoxy) is 3. The van der Waals surface area contributed by atoms with Crippen molar-refractivity contribution in [1.29, 1.82) is 0 Å². The summed E-state index contributed by atoms with van der Waals surface area (Å²) in [6, 6.07) is -0.426. The fourth-order valence-electron chi connectivity index (χ4n) is 1.90. The van der Waals surface area contributed by atoms with Crippen LogP contribution in [0.15, 0.2) is 0 Å². The molecule has 160 valence electrons. The van der Waals surface area contributed by atoms with E-state index in [1.807, 2.05) is 6.92 Å². The number of amides is 4. The van der Waals surface area contributed by atoms with Crippen LogP contribution in [-0.2, 0) is 14.2 Å². The maximum Gasteiger partial charge on any atom is 0.314 e. The zero-order chi connectivity index (χ0) is 20.0. The highest BCUT2D eigenvalue weighted by molar-refractivity contribution is 5.74. The quantitative estimate of drug-likeness (QED) is 0.205. The van der Waals surface area contributed by atoms with E-state index >= 15 is 0 Å². The maximum atomic E-state index is 11.5. The molecular weight excluding hydrogens is 354 g/mol. The standard InChI is InChI=1S/C17H37N5O5/c1-2-10-25-12-8-21-16(23)19-6-3-4-7-20-17(24)22-9-13-27-15-14-26-11-5-18/h2-15,18H2,1H3,(H2,19,21,23)(H2,20,22,24). The zero-order valence-electron chi connectivity index (χ0n) is 16.5. The largest absolute Gasteiger partial charge is 0.380 e. The molecule has 0 rings (SSSR count). The van der Waals surface area contributed by atoms with Gasteiger partial charge < -0.3 is 41.2 Å². The van der Waals surface area contributed by atoms with Gasteiger partial charge in [0.1, 0.15) is 0 Å². The molecule has 0 saturated carbocycles. The van der Waals surface area contributed by atoms with Gasteiger partial charge in [0.25, 0.3) is 0 Å². The Morgan fingerprint density at radius 1 is 0.667 bits per heavy atom. The molecule has 27 heavy (non-hydrogen) atoms. The summed E-state index contributed by atoms with van der Waals surface area (Å²) < 4.78 is 15.7. The summed E-state index contributed by atoms with van der Waals surface area (Å²) in [4.78, 5) is 23.0. The molecule has 0 saturated heterocycles. The van der Waals surface area contributed by atoms with Gasteiger partial charge in [0, 0.05) is 39.3 Å². The van der Waals surface area contributed by atoms with Gasteiger partial charge in [0.05, 0.1) is 33.0 Å². The number of hydrogen-bond acceptors (Lipinski definition) is 6. The predicted molar refractivity (Wildman–Crippen MR) is 104 cm³/mol. The van der Waals surface area contributed by atoms with E-state index in [2.05, 4.69) is 21.3 Å². The van der Waals surface area contributed by atoms with Gasteiger partial charge in [0.2, 0.25) is 0 Å². The minimum atomic E-state index is -0.226. The van der Waals surface area contributed by atoms with Crippen LogP contribution >= 0.6 is 0 Å². The summed E-state index contributed by atoms with van der Waals surface area (Å²) in [5.74, 6) is 0. The molecule has 0 heterocycles. The molecule has 0 atom stereocenters. The molecule has 0 unspecified atom stereocenters. The van der Waals surface area contributed by atoms with Crippen LogP contribution in [0.4, 0.5) is 9.59 Å². The van der Waals surface area contributed by atoms with Gasteiger partial charge in [-0.1, -0.05) is 6.92 Å². The monoisotopic (exact) mass is 391 g/mol. The van der Waals surface area contributed by atoms with Crippen molar-refractivity contribution in [2.24, 2.45) is 5.73 Å². The summed E-state index contributed by atoms with van der Waals surface area (Å²) in [6.07, 6.45) is 2.53. The molecule has 0 bridgehead atoms. The lowest BCUT2D eigenvalue weighted by atomic mass is 10.3. The van der Waals surface area contributed by atoms with E-state index in [1.54, 1.807) is 0 Å². The lowest BCUT2D eigenvalue weighted by Crippen LogP contribution is -2.39. The summed E-state index contributed by atoms with van der Waals surface area (Å²) in [5.41, 5.74) is 5.29. The number of rotatable bonds is 18. The zero-order valence-corrected chi connectivity index (χ0v) is 16.5. The van der Waals surface area contributed by atoms with Crippen molar-refractivity contribution in [1.82, 2.24) is 21.3 Å². The first-order chi connectivity index (χ1) is 13.2. The van der Waals surface area contributed by atoms with E-state index in [1.165, 1.54) is 0 Å². The first-order valence-corrected chi connectivity index (χ1v) is 9.67. The topological polar surface area (TPSA) is 136 Å². The Kier molecular flexibility index (Phi) is 19.4. The average molecular weight is 392 g/mol. The Hall–Kier alpha value is -1.62. The number of hydrogen-bond donors (Lipinski definition) is 5. The smallest absolute Gasteiger partial charge is 0.314 e. The Balaban J connectivity index is 3.27. The second-order valence-corrected chi connectivity index (χ2v) is 5.70. The van der Waals surface area contributed by atoms with E-state index in [9.17, 15) is 9.59 Å². The predicted octanol–water partition coefficient (Wildman–Crippen LogP) is -0.216. The fraction of sp³-hybridized carbons (Fsp3) is 0.882.